The first-order chi connectivity index (χ1) is 13.3. The molecule has 0 saturated carbocycles. The van der Waals surface area contributed by atoms with Gasteiger partial charge in [0.05, 0.1) is 30.4 Å². The Balaban J connectivity index is 1.72. The lowest BCUT2D eigenvalue weighted by Crippen LogP contribution is -2.11. The lowest BCUT2D eigenvalue weighted by Gasteiger charge is -2.15. The molecule has 0 radical (unpaired) electrons. The Morgan fingerprint density at radius 3 is 3.07 bits per heavy atom. The normalized spacial score (nSPS) is 12.1. The maximum absolute atomic E-state index is 9.33. The summed E-state index contributed by atoms with van der Waals surface area (Å²) in [5.41, 5.74) is 3.46. The molecule has 0 spiro atoms. The Bertz CT molecular complexity index is 1110. The van der Waals surface area contributed by atoms with Crippen LogP contribution < -0.4 is 0 Å². The van der Waals surface area contributed by atoms with Crippen molar-refractivity contribution in [3.8, 4) is 17.3 Å². The second-order valence-electron chi connectivity index (χ2n) is 5.94. The van der Waals surface area contributed by atoms with Gasteiger partial charge in [-0.15, -0.1) is 11.8 Å². The van der Waals surface area contributed by atoms with Crippen molar-refractivity contribution in [3.05, 3.63) is 55.0 Å². The SMILES string of the molecule is CCSc1cncc(C(CC#N)n2cc(-c3ncnc4[nH]ccc34)cn2)c1. The molecule has 0 aliphatic carbocycles. The molecule has 0 fully saturated rings. The molecule has 4 rings (SSSR count). The number of hydrogen-bond donors (Lipinski definition) is 1. The molecule has 1 unspecified atom stereocenters. The smallest absolute Gasteiger partial charge is 0.141 e. The van der Waals surface area contributed by atoms with Crippen molar-refractivity contribution < 1.29 is 0 Å². The van der Waals surface area contributed by atoms with Gasteiger partial charge < -0.3 is 4.98 Å². The molecular formula is C19H17N7S. The number of H-pyrrole nitrogens is 1. The molecule has 0 aromatic carbocycles. The molecule has 0 aliphatic heterocycles. The summed E-state index contributed by atoms with van der Waals surface area (Å²) in [5.74, 6) is 0.973. The van der Waals surface area contributed by atoms with Crippen molar-refractivity contribution in [2.75, 3.05) is 5.75 Å². The van der Waals surface area contributed by atoms with Crippen LogP contribution in [0.3, 0.4) is 0 Å². The highest BCUT2D eigenvalue weighted by Gasteiger charge is 2.18. The van der Waals surface area contributed by atoms with Crippen LogP contribution in [-0.4, -0.2) is 35.5 Å². The first-order valence-electron chi connectivity index (χ1n) is 8.57. The minimum absolute atomic E-state index is 0.197. The molecule has 8 heteroatoms. The van der Waals surface area contributed by atoms with E-state index in [0.717, 1.165) is 38.5 Å². The molecule has 1 atom stereocenters. The average Bonchev–Trinajstić information content (AvgIpc) is 3.36. The summed E-state index contributed by atoms with van der Waals surface area (Å²) in [4.78, 5) is 17.2. The quantitative estimate of drug-likeness (QED) is 0.515. The third-order valence-corrected chi connectivity index (χ3v) is 5.11. The zero-order chi connectivity index (χ0) is 18.6. The first-order valence-corrected chi connectivity index (χ1v) is 9.56. The zero-order valence-corrected chi connectivity index (χ0v) is 15.5. The molecule has 0 amide bonds. The number of fused-ring (bicyclic) bond motifs is 1. The lowest BCUT2D eigenvalue weighted by atomic mass is 10.1. The van der Waals surface area contributed by atoms with Crippen LogP contribution in [0, 0.1) is 11.3 Å². The summed E-state index contributed by atoms with van der Waals surface area (Å²) in [6.07, 6.45) is 11.0. The molecule has 4 aromatic rings. The van der Waals surface area contributed by atoms with Crippen molar-refractivity contribution >= 4 is 22.8 Å². The molecule has 7 nitrogen and oxygen atoms in total. The maximum atomic E-state index is 9.33. The zero-order valence-electron chi connectivity index (χ0n) is 14.7. The number of nitrogens with one attached hydrogen (secondary N) is 1. The molecule has 4 heterocycles. The second-order valence-corrected chi connectivity index (χ2v) is 7.27. The van der Waals surface area contributed by atoms with Crippen LogP contribution in [0.1, 0.15) is 24.9 Å². The molecule has 0 saturated heterocycles. The fourth-order valence-electron chi connectivity index (χ4n) is 3.05. The van der Waals surface area contributed by atoms with Gasteiger partial charge >= 0.3 is 0 Å². The summed E-state index contributed by atoms with van der Waals surface area (Å²) >= 11 is 1.73. The van der Waals surface area contributed by atoms with Gasteiger partial charge in [0.15, 0.2) is 0 Å². The minimum atomic E-state index is -0.197. The van der Waals surface area contributed by atoms with Crippen LogP contribution in [0.2, 0.25) is 0 Å². The predicted molar refractivity (Wildman–Crippen MR) is 104 cm³/mol. The summed E-state index contributed by atoms with van der Waals surface area (Å²) in [7, 11) is 0. The Hall–Kier alpha value is -3.18. The van der Waals surface area contributed by atoms with E-state index in [0.29, 0.717) is 6.42 Å². The molecule has 0 aliphatic rings. The average molecular weight is 375 g/mol. The second kappa shape index (κ2) is 7.60. The summed E-state index contributed by atoms with van der Waals surface area (Å²) in [6.45, 7) is 2.10. The molecule has 0 bridgehead atoms. The number of aromatic amines is 1. The van der Waals surface area contributed by atoms with Crippen molar-refractivity contribution in [1.29, 1.82) is 5.26 Å². The Morgan fingerprint density at radius 1 is 1.30 bits per heavy atom. The van der Waals surface area contributed by atoms with Gasteiger partial charge in [0.2, 0.25) is 0 Å². The summed E-state index contributed by atoms with van der Waals surface area (Å²) in [5, 5.41) is 14.8. The fraction of sp³-hybridized carbons (Fsp3) is 0.211. The Morgan fingerprint density at radius 2 is 2.22 bits per heavy atom. The van der Waals surface area contributed by atoms with Crippen molar-refractivity contribution in [2.45, 2.75) is 24.3 Å². The van der Waals surface area contributed by atoms with E-state index >= 15 is 0 Å². The van der Waals surface area contributed by atoms with E-state index in [1.807, 2.05) is 29.3 Å². The van der Waals surface area contributed by atoms with Gasteiger partial charge in [0, 0.05) is 40.6 Å². The highest BCUT2D eigenvalue weighted by Crippen LogP contribution is 2.29. The van der Waals surface area contributed by atoms with Gasteiger partial charge in [0.1, 0.15) is 12.0 Å². The lowest BCUT2D eigenvalue weighted by molar-refractivity contribution is 0.530. The first kappa shape index (κ1) is 17.2. The fourth-order valence-corrected chi connectivity index (χ4v) is 3.74. The summed E-state index contributed by atoms with van der Waals surface area (Å²) < 4.78 is 1.82. The van der Waals surface area contributed by atoms with Gasteiger partial charge in [-0.3, -0.25) is 9.67 Å². The van der Waals surface area contributed by atoms with E-state index in [4.69, 9.17) is 0 Å². The van der Waals surface area contributed by atoms with Crippen LogP contribution in [0.25, 0.3) is 22.3 Å². The van der Waals surface area contributed by atoms with E-state index in [-0.39, 0.29) is 6.04 Å². The highest BCUT2D eigenvalue weighted by atomic mass is 32.2. The molecule has 27 heavy (non-hydrogen) atoms. The Kier molecular flexibility index (Phi) is 4.85. The molecule has 4 aromatic heterocycles. The number of aromatic nitrogens is 6. The van der Waals surface area contributed by atoms with Gasteiger partial charge in [0.25, 0.3) is 0 Å². The van der Waals surface area contributed by atoms with E-state index in [9.17, 15) is 5.26 Å². The number of pyridine rings is 1. The topological polar surface area (TPSA) is 96.1 Å². The van der Waals surface area contributed by atoms with Gasteiger partial charge in [-0.25, -0.2) is 9.97 Å². The largest absolute Gasteiger partial charge is 0.346 e. The third-order valence-electron chi connectivity index (χ3n) is 4.26. The minimum Gasteiger partial charge on any atom is -0.346 e. The van der Waals surface area contributed by atoms with Gasteiger partial charge in [-0.2, -0.15) is 10.4 Å². The Labute approximate surface area is 160 Å². The van der Waals surface area contributed by atoms with Crippen LogP contribution in [0.4, 0.5) is 0 Å². The standard InChI is InChI=1S/C19H17N7S/c1-2-27-15-7-13(8-21-10-15)17(3-5-20)26-11-14(9-25-26)18-16-4-6-22-19(16)24-12-23-18/h4,6-12,17H,2-3H2,1H3,(H,22,23,24). The van der Waals surface area contributed by atoms with Crippen LogP contribution in [0.5, 0.6) is 0 Å². The maximum Gasteiger partial charge on any atom is 0.141 e. The highest BCUT2D eigenvalue weighted by molar-refractivity contribution is 7.99. The van der Waals surface area contributed by atoms with Crippen molar-refractivity contribution in [2.24, 2.45) is 0 Å². The van der Waals surface area contributed by atoms with Crippen LogP contribution in [0.15, 0.2) is 54.3 Å². The summed E-state index contributed by atoms with van der Waals surface area (Å²) in [6, 6.07) is 6.10. The number of rotatable bonds is 6. The van der Waals surface area contributed by atoms with E-state index in [1.165, 1.54) is 6.33 Å². The molecule has 134 valence electrons. The molecular weight excluding hydrogens is 358 g/mol. The van der Waals surface area contributed by atoms with Crippen molar-refractivity contribution in [1.82, 2.24) is 29.7 Å². The van der Waals surface area contributed by atoms with Crippen molar-refractivity contribution in [3.63, 3.8) is 0 Å². The van der Waals surface area contributed by atoms with E-state index in [1.54, 1.807) is 24.2 Å². The van der Waals surface area contributed by atoms with Crippen LogP contribution in [-0.2, 0) is 0 Å². The number of nitrogens with zero attached hydrogens (tertiary/aromatic N) is 6. The van der Waals surface area contributed by atoms with Gasteiger partial charge in [-0.05, 0) is 23.4 Å². The van der Waals surface area contributed by atoms with Gasteiger partial charge in [-0.1, -0.05) is 6.92 Å². The van der Waals surface area contributed by atoms with E-state index < -0.39 is 0 Å². The van der Waals surface area contributed by atoms with Crippen LogP contribution >= 0.6 is 11.8 Å². The third kappa shape index (κ3) is 3.41. The number of nitriles is 1. The molecule has 1 N–H and O–H groups in total. The van der Waals surface area contributed by atoms with E-state index in [2.05, 4.69) is 44.1 Å². The number of thioether (sulfide) groups is 1. The monoisotopic (exact) mass is 375 g/mol. The predicted octanol–water partition coefficient (Wildman–Crippen LogP) is 3.83. The number of hydrogen-bond acceptors (Lipinski definition) is 6.